The molecule has 1 aromatic heterocycles. The summed E-state index contributed by atoms with van der Waals surface area (Å²) in [5.74, 6) is 0. The Kier molecular flexibility index (Phi) is 6.73. The average Bonchev–Trinajstić information content (AvgIpc) is 2.67. The number of pyridine rings is 1. The van der Waals surface area contributed by atoms with Gasteiger partial charge in [-0.2, -0.15) is 13.2 Å². The number of nitro benzene ring substituents is 1. The number of hydrogen-bond donors (Lipinski definition) is 0. The fraction of sp³-hybridized carbons (Fsp3) is 0.353. The number of rotatable bonds is 3. The smallest absolute Gasteiger partial charge is 0.310 e. The maximum absolute atomic E-state index is 12.9. The zero-order chi connectivity index (χ0) is 21.1. The summed E-state index contributed by atoms with van der Waals surface area (Å²) in [4.78, 5) is 22.3. The van der Waals surface area contributed by atoms with Crippen molar-refractivity contribution in [2.45, 2.75) is 38.0 Å². The topological polar surface area (TPSA) is 85.5 Å². The molecule has 0 radical (unpaired) electrons. The van der Waals surface area contributed by atoms with Gasteiger partial charge in [-0.3, -0.25) is 14.9 Å². The summed E-state index contributed by atoms with van der Waals surface area (Å²) in [7, 11) is -1.95. The molecule has 7 nitrogen and oxygen atoms in total. The third kappa shape index (κ3) is 4.47. The predicted molar refractivity (Wildman–Crippen MR) is 97.0 cm³/mol. The van der Waals surface area contributed by atoms with Crippen molar-refractivity contribution in [3.63, 3.8) is 0 Å². The van der Waals surface area contributed by atoms with Crippen LogP contribution in [0.2, 0.25) is 0 Å². The minimum Gasteiger partial charge on any atom is -0.310 e. The highest BCUT2D eigenvalue weighted by Crippen LogP contribution is 2.30. The maximum Gasteiger partial charge on any atom is 0.416 e. The number of aromatic nitrogens is 1. The van der Waals surface area contributed by atoms with Crippen molar-refractivity contribution >= 4 is 16.7 Å². The van der Waals surface area contributed by atoms with Crippen LogP contribution in [0.4, 0.5) is 18.9 Å². The molecule has 1 unspecified atom stereocenters. The normalized spacial score (nSPS) is 15.2. The molecule has 1 aromatic carbocycles. The third-order valence-electron chi connectivity index (χ3n) is 3.94. The molecule has 28 heavy (non-hydrogen) atoms. The number of hydrogen-bond acceptors (Lipinski definition) is 4. The zero-order valence-corrected chi connectivity index (χ0v) is 15.9. The van der Waals surface area contributed by atoms with Crippen LogP contribution in [-0.2, 0) is 30.3 Å². The molecule has 0 aliphatic carbocycles. The van der Waals surface area contributed by atoms with Gasteiger partial charge in [0.2, 0.25) is 0 Å². The summed E-state index contributed by atoms with van der Waals surface area (Å²) in [5, 5.41) is 11.1. The first-order chi connectivity index (χ1) is 13.2. The van der Waals surface area contributed by atoms with E-state index in [0.29, 0.717) is 6.07 Å². The lowest BCUT2D eigenvalue weighted by Crippen LogP contribution is -2.40. The number of para-hydroxylation sites is 1. The van der Waals surface area contributed by atoms with Gasteiger partial charge in [-0.1, -0.05) is 26.0 Å². The van der Waals surface area contributed by atoms with Crippen molar-refractivity contribution in [1.29, 1.82) is 0 Å². The van der Waals surface area contributed by atoms with Crippen molar-refractivity contribution in [2.75, 3.05) is 6.54 Å². The predicted octanol–water partition coefficient (Wildman–Crippen LogP) is 3.34. The molecule has 1 aliphatic rings. The Labute approximate surface area is 161 Å². The Morgan fingerprint density at radius 3 is 2.39 bits per heavy atom. The van der Waals surface area contributed by atoms with Gasteiger partial charge in [0.05, 0.1) is 17.0 Å². The lowest BCUT2D eigenvalue weighted by Gasteiger charge is -2.29. The monoisotopic (exact) mass is 417 g/mol. The van der Waals surface area contributed by atoms with Gasteiger partial charge in [0.15, 0.2) is 0 Å². The molecule has 1 atom stereocenters. The van der Waals surface area contributed by atoms with Crippen LogP contribution in [0.5, 0.6) is 0 Å². The quantitative estimate of drug-likeness (QED) is 0.566. The number of nitrogens with zero attached hydrogens (tertiary/aromatic N) is 3. The van der Waals surface area contributed by atoms with Crippen molar-refractivity contribution in [3.8, 4) is 0 Å². The molecule has 0 spiro atoms. The summed E-state index contributed by atoms with van der Waals surface area (Å²) in [6.45, 7) is 3.95. The fourth-order valence-corrected chi connectivity index (χ4v) is 4.00. The summed E-state index contributed by atoms with van der Waals surface area (Å²) >= 11 is 0. The third-order valence-corrected chi connectivity index (χ3v) is 5.44. The van der Waals surface area contributed by atoms with Crippen molar-refractivity contribution in [1.82, 2.24) is 8.87 Å². The first kappa shape index (κ1) is 21.8. The highest BCUT2D eigenvalue weighted by atomic mass is 32.2. The van der Waals surface area contributed by atoms with Gasteiger partial charge in [0.1, 0.15) is 15.9 Å². The standard InChI is InChI=1S/C15H12F3N3O4S.C2H6/c16-15(17,18)10-7-11-9-19(5-6-20(11)14(22)8-10)26(25)13-4-2-1-3-12(13)21(23)24;1-2/h1-4,7-8H,5-6,9H2;1-2H3. The first-order valence-corrected chi connectivity index (χ1v) is 9.50. The minimum atomic E-state index is -4.67. The Morgan fingerprint density at radius 1 is 1.14 bits per heavy atom. The molecule has 0 amide bonds. The van der Waals surface area contributed by atoms with Crippen molar-refractivity contribution in [3.05, 3.63) is 68.1 Å². The summed E-state index contributed by atoms with van der Waals surface area (Å²) in [6, 6.07) is 6.83. The van der Waals surface area contributed by atoms with Gasteiger partial charge in [-0.05, 0) is 12.1 Å². The number of nitro groups is 1. The Balaban J connectivity index is 0.00000136. The summed E-state index contributed by atoms with van der Waals surface area (Å²) in [6.07, 6.45) is -4.67. The highest BCUT2D eigenvalue weighted by molar-refractivity contribution is 7.82. The van der Waals surface area contributed by atoms with E-state index < -0.39 is 33.2 Å². The molecule has 1 aliphatic heterocycles. The Bertz CT molecular complexity index is 959. The molecule has 0 saturated heterocycles. The lowest BCUT2D eigenvalue weighted by molar-refractivity contribution is -0.387. The Morgan fingerprint density at radius 2 is 1.79 bits per heavy atom. The van der Waals surface area contributed by atoms with E-state index in [1.54, 1.807) is 0 Å². The van der Waals surface area contributed by atoms with Crippen LogP contribution in [0.1, 0.15) is 25.1 Å². The van der Waals surface area contributed by atoms with Crippen LogP contribution in [0.3, 0.4) is 0 Å². The Hall–Kier alpha value is -2.53. The van der Waals surface area contributed by atoms with Crippen LogP contribution < -0.4 is 5.56 Å². The zero-order valence-electron chi connectivity index (χ0n) is 15.1. The number of fused-ring (bicyclic) bond motifs is 1. The van der Waals surface area contributed by atoms with E-state index >= 15 is 0 Å². The van der Waals surface area contributed by atoms with Gasteiger partial charge in [0, 0.05) is 30.9 Å². The molecule has 0 bridgehead atoms. The van der Waals surface area contributed by atoms with E-state index in [4.69, 9.17) is 0 Å². The van der Waals surface area contributed by atoms with Gasteiger partial charge >= 0.3 is 6.18 Å². The van der Waals surface area contributed by atoms with E-state index in [1.807, 2.05) is 13.8 Å². The van der Waals surface area contributed by atoms with Gasteiger partial charge in [-0.25, -0.2) is 8.51 Å². The molecular weight excluding hydrogens is 399 g/mol. The van der Waals surface area contributed by atoms with E-state index in [1.165, 1.54) is 33.1 Å². The molecule has 2 heterocycles. The second-order valence-corrected chi connectivity index (χ2v) is 7.02. The van der Waals surface area contributed by atoms with Gasteiger partial charge < -0.3 is 4.57 Å². The molecule has 152 valence electrons. The minimum absolute atomic E-state index is 0.0404. The van der Waals surface area contributed by atoms with Gasteiger partial charge in [0.25, 0.3) is 11.2 Å². The fourth-order valence-electron chi connectivity index (χ4n) is 2.71. The number of benzene rings is 1. The van der Waals surface area contributed by atoms with E-state index in [2.05, 4.69) is 0 Å². The number of halogens is 3. The number of alkyl halides is 3. The molecule has 0 N–H and O–H groups in total. The summed E-state index contributed by atoms with van der Waals surface area (Å²) in [5.41, 5.74) is -2.14. The SMILES string of the molecule is CC.O=c1cc(C(F)(F)F)cc2n1CCN(S(=O)c1ccccc1[N+](=O)[O-])C2. The summed E-state index contributed by atoms with van der Waals surface area (Å²) < 4.78 is 53.9. The highest BCUT2D eigenvalue weighted by Gasteiger charge is 2.34. The van der Waals surface area contributed by atoms with Crippen molar-refractivity contribution < 1.29 is 22.3 Å². The van der Waals surface area contributed by atoms with Crippen LogP contribution in [0.25, 0.3) is 0 Å². The second-order valence-electron chi connectivity index (χ2n) is 5.56. The molecule has 2 aromatic rings. The molecular formula is C17H18F3N3O4S. The molecule has 11 heteroatoms. The van der Waals surface area contributed by atoms with E-state index in [9.17, 15) is 32.3 Å². The van der Waals surface area contributed by atoms with Crippen LogP contribution in [0, 0.1) is 10.1 Å². The van der Waals surface area contributed by atoms with E-state index in [0.717, 1.165) is 6.07 Å². The molecule has 0 saturated carbocycles. The second kappa shape index (κ2) is 8.65. The molecule has 0 fully saturated rings. The maximum atomic E-state index is 12.9. The van der Waals surface area contributed by atoms with Crippen molar-refractivity contribution in [2.24, 2.45) is 0 Å². The van der Waals surface area contributed by atoms with Gasteiger partial charge in [-0.15, -0.1) is 0 Å². The van der Waals surface area contributed by atoms with Crippen LogP contribution >= 0.6 is 0 Å². The van der Waals surface area contributed by atoms with E-state index in [-0.39, 0.29) is 35.9 Å². The first-order valence-electron chi connectivity index (χ1n) is 8.39. The van der Waals surface area contributed by atoms with Crippen LogP contribution in [-0.4, -0.2) is 24.5 Å². The lowest BCUT2D eigenvalue weighted by atomic mass is 10.2. The largest absolute Gasteiger partial charge is 0.416 e. The average molecular weight is 417 g/mol. The molecule has 3 rings (SSSR count). The van der Waals surface area contributed by atoms with Crippen LogP contribution in [0.15, 0.2) is 46.1 Å².